The van der Waals surface area contributed by atoms with Crippen molar-refractivity contribution in [3.8, 4) is 0 Å². The summed E-state index contributed by atoms with van der Waals surface area (Å²) in [5, 5.41) is 0. The molecule has 0 unspecified atom stereocenters. The molecule has 5 atom stereocenters. The van der Waals surface area contributed by atoms with Crippen molar-refractivity contribution in [2.75, 3.05) is 24.7 Å². The van der Waals surface area contributed by atoms with Gasteiger partial charge in [0.1, 0.15) is 12.7 Å². The molecule has 1 aliphatic heterocycles. The molecule has 0 bridgehead atoms. The zero-order valence-electron chi connectivity index (χ0n) is 19.4. The van der Waals surface area contributed by atoms with Crippen LogP contribution < -0.4 is 5.73 Å². The first kappa shape index (κ1) is 27.4. The number of anilines is 1. The molecule has 0 aliphatic carbocycles. The zero-order chi connectivity index (χ0) is 25.3. The minimum atomic E-state index is -1.26. The van der Waals surface area contributed by atoms with Crippen LogP contribution in [0, 0.1) is 0 Å². The van der Waals surface area contributed by atoms with E-state index in [0.717, 1.165) is 18.7 Å². The van der Waals surface area contributed by atoms with E-state index in [1.54, 1.807) is 12.1 Å². The van der Waals surface area contributed by atoms with Crippen LogP contribution in [0.15, 0.2) is 29.2 Å². The van der Waals surface area contributed by atoms with Crippen molar-refractivity contribution in [2.24, 2.45) is 0 Å². The second-order valence-electron chi connectivity index (χ2n) is 7.36. The van der Waals surface area contributed by atoms with Gasteiger partial charge in [-0.15, -0.1) is 11.8 Å². The van der Waals surface area contributed by atoms with E-state index in [1.807, 2.05) is 12.1 Å². The van der Waals surface area contributed by atoms with E-state index in [0.29, 0.717) is 11.4 Å². The highest BCUT2D eigenvalue weighted by molar-refractivity contribution is 7.99. The van der Waals surface area contributed by atoms with E-state index in [9.17, 15) is 19.2 Å². The van der Waals surface area contributed by atoms with Crippen LogP contribution in [0.2, 0.25) is 0 Å². The number of nitrogen functional groups attached to an aromatic ring is 1. The first-order valence-electron chi connectivity index (χ1n) is 10.5. The average molecular weight is 500 g/mol. The maximum absolute atomic E-state index is 11.8. The maximum Gasteiger partial charge on any atom is 0.303 e. The van der Waals surface area contributed by atoms with Crippen molar-refractivity contribution in [1.82, 2.24) is 0 Å². The highest BCUT2D eigenvalue weighted by Crippen LogP contribution is 2.30. The highest BCUT2D eigenvalue weighted by atomic mass is 32.2. The van der Waals surface area contributed by atoms with E-state index in [-0.39, 0.29) is 13.2 Å². The molecule has 12 heteroatoms. The molecule has 2 N–H and O–H groups in total. The molecule has 11 nitrogen and oxygen atoms in total. The summed E-state index contributed by atoms with van der Waals surface area (Å²) in [4.78, 5) is 47.7. The lowest BCUT2D eigenvalue weighted by atomic mass is 9.98. The smallest absolute Gasteiger partial charge is 0.303 e. The zero-order valence-corrected chi connectivity index (χ0v) is 20.2. The van der Waals surface area contributed by atoms with Crippen LogP contribution in [-0.2, 0) is 47.6 Å². The number of esters is 4. The summed E-state index contributed by atoms with van der Waals surface area (Å²) in [5.74, 6) is -2.16. The summed E-state index contributed by atoms with van der Waals surface area (Å²) >= 11 is 1.50. The van der Waals surface area contributed by atoms with Gasteiger partial charge in [0.25, 0.3) is 0 Å². The molecule has 0 spiro atoms. The van der Waals surface area contributed by atoms with E-state index in [4.69, 9.17) is 34.2 Å². The second kappa shape index (κ2) is 13.2. The van der Waals surface area contributed by atoms with Crippen LogP contribution in [0.5, 0.6) is 0 Å². The van der Waals surface area contributed by atoms with E-state index in [2.05, 4.69) is 0 Å². The van der Waals surface area contributed by atoms with Gasteiger partial charge in [-0.1, -0.05) is 0 Å². The van der Waals surface area contributed by atoms with Crippen LogP contribution in [0.1, 0.15) is 27.7 Å². The molecular formula is C22H29NO10S. The van der Waals surface area contributed by atoms with Gasteiger partial charge in [0.15, 0.2) is 24.6 Å². The van der Waals surface area contributed by atoms with Crippen molar-refractivity contribution >= 4 is 41.3 Å². The van der Waals surface area contributed by atoms with Gasteiger partial charge in [-0.3, -0.25) is 19.2 Å². The fraction of sp³-hybridized carbons (Fsp3) is 0.545. The molecule has 1 saturated heterocycles. The molecule has 1 fully saturated rings. The summed E-state index contributed by atoms with van der Waals surface area (Å²) in [6.45, 7) is 4.56. The van der Waals surface area contributed by atoms with Crippen molar-refractivity contribution in [3.05, 3.63) is 24.3 Å². The highest BCUT2D eigenvalue weighted by Gasteiger charge is 2.52. The van der Waals surface area contributed by atoms with Crippen LogP contribution in [0.4, 0.5) is 5.69 Å². The Morgan fingerprint density at radius 3 is 1.97 bits per heavy atom. The Labute approximate surface area is 201 Å². The van der Waals surface area contributed by atoms with Crippen molar-refractivity contribution < 1.29 is 47.6 Å². The second-order valence-corrected chi connectivity index (χ2v) is 8.52. The van der Waals surface area contributed by atoms with Crippen LogP contribution in [0.3, 0.4) is 0 Å². The first-order valence-corrected chi connectivity index (χ1v) is 11.5. The van der Waals surface area contributed by atoms with Crippen LogP contribution >= 0.6 is 11.8 Å². The summed E-state index contributed by atoms with van der Waals surface area (Å²) in [6.07, 6.45) is -5.93. The molecule has 1 aromatic carbocycles. The van der Waals surface area contributed by atoms with Gasteiger partial charge in [-0.2, -0.15) is 0 Å². The minimum absolute atomic E-state index is 0.169. The van der Waals surface area contributed by atoms with E-state index in [1.165, 1.54) is 25.6 Å². The monoisotopic (exact) mass is 499 g/mol. The molecular weight excluding hydrogens is 470 g/mol. The third-order valence-corrected chi connectivity index (χ3v) is 5.44. The van der Waals surface area contributed by atoms with E-state index < -0.39 is 54.6 Å². The molecule has 1 heterocycles. The Morgan fingerprint density at radius 1 is 0.853 bits per heavy atom. The Morgan fingerprint density at radius 2 is 1.41 bits per heavy atom. The van der Waals surface area contributed by atoms with E-state index >= 15 is 0 Å². The summed E-state index contributed by atoms with van der Waals surface area (Å²) < 4.78 is 32.7. The Hall–Kier alpha value is -2.83. The SMILES string of the molecule is CC(=O)OC[C@H]1O[C@H](OCCSc2ccc(N)cc2)[C@H](OC(C)=O)[C@@H](OC(C)=O)[C@H]1OC(C)=O. The topological polar surface area (TPSA) is 150 Å². The molecule has 1 aromatic rings. The van der Waals surface area contributed by atoms with Gasteiger partial charge < -0.3 is 34.2 Å². The first-order chi connectivity index (χ1) is 16.1. The number of rotatable bonds is 10. The molecule has 0 amide bonds. The Bertz CT molecular complexity index is 862. The van der Waals surface area contributed by atoms with Crippen molar-refractivity contribution in [2.45, 2.75) is 63.3 Å². The number of ether oxygens (including phenoxy) is 6. The summed E-state index contributed by atoms with van der Waals surface area (Å²) in [7, 11) is 0. The third-order valence-electron chi connectivity index (χ3n) is 4.46. The number of carbonyl (C=O) groups excluding carboxylic acids is 4. The summed E-state index contributed by atoms with van der Waals surface area (Å²) in [6, 6.07) is 7.30. The van der Waals surface area contributed by atoms with Gasteiger partial charge in [0.05, 0.1) is 6.61 Å². The maximum atomic E-state index is 11.8. The van der Waals surface area contributed by atoms with Gasteiger partial charge in [0.2, 0.25) is 0 Å². The van der Waals surface area contributed by atoms with Crippen LogP contribution in [0.25, 0.3) is 0 Å². The largest absolute Gasteiger partial charge is 0.463 e. The van der Waals surface area contributed by atoms with Crippen molar-refractivity contribution in [1.29, 1.82) is 0 Å². The van der Waals surface area contributed by atoms with Gasteiger partial charge in [-0.05, 0) is 24.3 Å². The summed E-state index contributed by atoms with van der Waals surface area (Å²) in [5.41, 5.74) is 6.34. The fourth-order valence-corrected chi connectivity index (χ4v) is 3.95. The molecule has 0 saturated carbocycles. The van der Waals surface area contributed by atoms with Gasteiger partial charge >= 0.3 is 23.9 Å². The molecule has 188 valence electrons. The predicted octanol–water partition coefficient (Wildman–Crippen LogP) is 1.46. The third kappa shape index (κ3) is 8.84. The lowest BCUT2D eigenvalue weighted by Gasteiger charge is -2.44. The number of hydrogen-bond acceptors (Lipinski definition) is 12. The molecule has 1 aliphatic rings. The number of carbonyl (C=O) groups is 4. The number of nitrogens with two attached hydrogens (primary N) is 1. The molecule has 0 radical (unpaired) electrons. The minimum Gasteiger partial charge on any atom is -0.463 e. The van der Waals surface area contributed by atoms with Gasteiger partial charge in [0, 0.05) is 44.0 Å². The predicted molar refractivity (Wildman–Crippen MR) is 119 cm³/mol. The molecule has 0 aromatic heterocycles. The number of benzene rings is 1. The number of thioether (sulfide) groups is 1. The molecule has 2 rings (SSSR count). The Balaban J connectivity index is 2.20. The normalized spacial score (nSPS) is 24.1. The fourth-order valence-electron chi connectivity index (χ4n) is 3.21. The lowest BCUT2D eigenvalue weighted by molar-refractivity contribution is -0.307. The number of hydrogen-bond donors (Lipinski definition) is 1. The Kier molecular flexibility index (Phi) is 10.6. The molecule has 34 heavy (non-hydrogen) atoms. The lowest BCUT2D eigenvalue weighted by Crippen LogP contribution is -2.63. The van der Waals surface area contributed by atoms with Crippen molar-refractivity contribution in [3.63, 3.8) is 0 Å². The average Bonchev–Trinajstić information content (AvgIpc) is 2.74. The van der Waals surface area contributed by atoms with Gasteiger partial charge in [-0.25, -0.2) is 0 Å². The quantitative estimate of drug-likeness (QED) is 0.163. The van der Waals surface area contributed by atoms with Crippen LogP contribution in [-0.4, -0.2) is 73.5 Å². The standard InChI is InChI=1S/C22H29NO10S/c1-12(24)29-11-18-19(30-13(2)25)20(31-14(3)26)21(32-15(4)27)22(33-18)28-9-10-34-17-7-5-16(23)6-8-17/h5-8,18-22H,9-11,23H2,1-4H3/t18-,19+,20+,21-,22+/m1/s1.